The summed E-state index contributed by atoms with van der Waals surface area (Å²) in [7, 11) is 1.92. The van der Waals surface area contributed by atoms with E-state index in [0.29, 0.717) is 5.56 Å². The first kappa shape index (κ1) is 18.4. The number of hydrazone groups is 1. The summed E-state index contributed by atoms with van der Waals surface area (Å²) in [6.45, 7) is 0. The molecule has 0 saturated heterocycles. The molecule has 142 valence electrons. The van der Waals surface area contributed by atoms with Crippen LogP contribution in [0.1, 0.15) is 39.9 Å². The fourth-order valence-corrected chi connectivity index (χ4v) is 4.05. The van der Waals surface area contributed by atoms with E-state index in [1.807, 2.05) is 48.0 Å². The Labute approximate surface area is 168 Å². The molecule has 1 aromatic heterocycles. The van der Waals surface area contributed by atoms with Gasteiger partial charge in [-0.25, -0.2) is 5.43 Å². The number of fused-ring (bicyclic) bond motifs is 1. The second-order valence-electron chi connectivity index (χ2n) is 6.72. The lowest BCUT2D eigenvalue weighted by atomic mass is 9.90. The molecule has 0 aliphatic heterocycles. The summed E-state index contributed by atoms with van der Waals surface area (Å²) in [5.74, 6) is 0.580. The monoisotopic (exact) mass is 391 g/mol. The number of thioether (sulfide) groups is 1. The van der Waals surface area contributed by atoms with Crippen molar-refractivity contribution in [3.05, 3.63) is 77.1 Å². The Bertz CT molecular complexity index is 1010. The van der Waals surface area contributed by atoms with Crippen LogP contribution < -0.4 is 5.43 Å². The van der Waals surface area contributed by atoms with E-state index in [-0.39, 0.29) is 5.91 Å². The SMILES string of the molecule is Cn1cnnc1SCc1ccc(C(=O)N/N=C2\CCCc3ccccc32)cc1. The molecule has 3 aromatic rings. The minimum Gasteiger partial charge on any atom is -0.312 e. The third kappa shape index (κ3) is 4.14. The van der Waals surface area contributed by atoms with E-state index < -0.39 is 0 Å². The highest BCUT2D eigenvalue weighted by molar-refractivity contribution is 7.98. The van der Waals surface area contributed by atoms with Gasteiger partial charge in [0.2, 0.25) is 0 Å². The van der Waals surface area contributed by atoms with Crippen LogP contribution in [0.25, 0.3) is 0 Å². The number of aromatic nitrogens is 3. The highest BCUT2D eigenvalue weighted by Gasteiger charge is 2.15. The molecule has 4 rings (SSSR count). The fourth-order valence-electron chi connectivity index (χ4n) is 3.20. The molecule has 6 nitrogen and oxygen atoms in total. The van der Waals surface area contributed by atoms with Crippen molar-refractivity contribution in [3.8, 4) is 0 Å². The number of nitrogens with zero attached hydrogens (tertiary/aromatic N) is 4. The average Bonchev–Trinajstić information content (AvgIpc) is 3.15. The molecular formula is C21H21N5OS. The summed E-state index contributed by atoms with van der Waals surface area (Å²) in [5.41, 5.74) is 7.83. The molecular weight excluding hydrogens is 370 g/mol. The highest BCUT2D eigenvalue weighted by atomic mass is 32.2. The number of carbonyl (C=O) groups excluding carboxylic acids is 1. The van der Waals surface area contributed by atoms with Crippen molar-refractivity contribution in [3.63, 3.8) is 0 Å². The maximum Gasteiger partial charge on any atom is 0.271 e. The van der Waals surface area contributed by atoms with Crippen LogP contribution in [0.4, 0.5) is 0 Å². The molecule has 0 atom stereocenters. The van der Waals surface area contributed by atoms with Gasteiger partial charge in [0.1, 0.15) is 6.33 Å². The molecule has 0 radical (unpaired) electrons. The van der Waals surface area contributed by atoms with Gasteiger partial charge in [-0.1, -0.05) is 48.2 Å². The minimum atomic E-state index is -0.192. The summed E-state index contributed by atoms with van der Waals surface area (Å²) >= 11 is 1.61. The van der Waals surface area contributed by atoms with Crippen molar-refractivity contribution in [2.24, 2.45) is 12.1 Å². The van der Waals surface area contributed by atoms with Crippen molar-refractivity contribution in [2.75, 3.05) is 0 Å². The van der Waals surface area contributed by atoms with Crippen LogP contribution >= 0.6 is 11.8 Å². The van der Waals surface area contributed by atoms with E-state index in [9.17, 15) is 4.79 Å². The molecule has 1 aliphatic rings. The first-order chi connectivity index (χ1) is 13.7. The summed E-state index contributed by atoms with van der Waals surface area (Å²) in [6, 6.07) is 15.8. The molecule has 0 saturated carbocycles. The number of rotatable bonds is 5. The molecule has 7 heteroatoms. The van der Waals surface area contributed by atoms with E-state index >= 15 is 0 Å². The molecule has 1 heterocycles. The summed E-state index contributed by atoms with van der Waals surface area (Å²) < 4.78 is 1.88. The zero-order valence-corrected chi connectivity index (χ0v) is 16.4. The second-order valence-corrected chi connectivity index (χ2v) is 7.66. The maximum absolute atomic E-state index is 12.5. The van der Waals surface area contributed by atoms with Crippen LogP contribution in [0.5, 0.6) is 0 Å². The number of carbonyl (C=O) groups is 1. The first-order valence-corrected chi connectivity index (χ1v) is 10.2. The summed E-state index contributed by atoms with van der Waals surface area (Å²) in [6.07, 6.45) is 4.69. The highest BCUT2D eigenvalue weighted by Crippen LogP contribution is 2.22. The minimum absolute atomic E-state index is 0.192. The molecule has 2 aromatic carbocycles. The van der Waals surface area contributed by atoms with Crippen molar-refractivity contribution in [1.82, 2.24) is 20.2 Å². The molecule has 0 fully saturated rings. The Kier molecular flexibility index (Phi) is 5.53. The molecule has 0 spiro atoms. The van der Waals surface area contributed by atoms with Gasteiger partial charge in [-0.05, 0) is 42.5 Å². The summed E-state index contributed by atoms with van der Waals surface area (Å²) in [4.78, 5) is 12.5. The van der Waals surface area contributed by atoms with Crippen LogP contribution in [0.2, 0.25) is 0 Å². The van der Waals surface area contributed by atoms with Gasteiger partial charge < -0.3 is 4.57 Å². The van der Waals surface area contributed by atoms with Crippen LogP contribution in [0, 0.1) is 0 Å². The quantitative estimate of drug-likeness (QED) is 0.533. The predicted molar refractivity (Wildman–Crippen MR) is 110 cm³/mol. The van der Waals surface area contributed by atoms with Gasteiger partial charge in [0.15, 0.2) is 5.16 Å². The van der Waals surface area contributed by atoms with Crippen molar-refractivity contribution in [2.45, 2.75) is 30.2 Å². The number of amides is 1. The van der Waals surface area contributed by atoms with Gasteiger partial charge in [0.25, 0.3) is 5.91 Å². The fraction of sp³-hybridized carbons (Fsp3) is 0.238. The topological polar surface area (TPSA) is 72.2 Å². The lowest BCUT2D eigenvalue weighted by molar-refractivity contribution is 0.0954. The number of nitrogens with one attached hydrogen (secondary N) is 1. The smallest absolute Gasteiger partial charge is 0.271 e. The second kappa shape index (κ2) is 8.39. The van der Waals surface area contributed by atoms with Crippen molar-refractivity contribution in [1.29, 1.82) is 0 Å². The van der Waals surface area contributed by atoms with E-state index in [1.165, 1.54) is 5.56 Å². The van der Waals surface area contributed by atoms with Crippen molar-refractivity contribution >= 4 is 23.4 Å². The molecule has 1 amide bonds. The lowest BCUT2D eigenvalue weighted by Gasteiger charge is -2.17. The third-order valence-electron chi connectivity index (χ3n) is 4.73. The van der Waals surface area contributed by atoms with Gasteiger partial charge in [0.05, 0.1) is 5.71 Å². The Morgan fingerprint density at radius 1 is 1.18 bits per heavy atom. The molecule has 1 aliphatic carbocycles. The Morgan fingerprint density at radius 3 is 2.79 bits per heavy atom. The van der Waals surface area contributed by atoms with Gasteiger partial charge in [-0.2, -0.15) is 5.10 Å². The molecule has 0 unspecified atom stereocenters. The normalized spacial score (nSPS) is 14.7. The van der Waals surface area contributed by atoms with E-state index in [2.05, 4.69) is 32.9 Å². The van der Waals surface area contributed by atoms with E-state index in [0.717, 1.165) is 47.0 Å². The Morgan fingerprint density at radius 2 is 2.00 bits per heavy atom. The van der Waals surface area contributed by atoms with Gasteiger partial charge >= 0.3 is 0 Å². The standard InChI is InChI=1S/C21H21N5OS/c1-26-14-22-25-21(26)28-13-15-9-11-17(12-10-15)20(27)24-23-19-8-4-6-16-5-2-3-7-18(16)19/h2-3,5,7,9-12,14H,4,6,8,13H2,1H3,(H,24,27)/b23-19+. The molecule has 1 N–H and O–H groups in total. The first-order valence-electron chi connectivity index (χ1n) is 9.21. The number of hydrogen-bond acceptors (Lipinski definition) is 5. The predicted octanol–water partition coefficient (Wildman–Crippen LogP) is 3.58. The van der Waals surface area contributed by atoms with Crippen LogP contribution in [0.3, 0.4) is 0 Å². The van der Waals surface area contributed by atoms with Gasteiger partial charge in [-0.3, -0.25) is 4.79 Å². The van der Waals surface area contributed by atoms with Gasteiger partial charge in [-0.15, -0.1) is 10.2 Å². The lowest BCUT2D eigenvalue weighted by Crippen LogP contribution is -2.22. The zero-order chi connectivity index (χ0) is 19.3. The third-order valence-corrected chi connectivity index (χ3v) is 5.84. The largest absolute Gasteiger partial charge is 0.312 e. The Hall–Kier alpha value is -2.93. The number of hydrogen-bond donors (Lipinski definition) is 1. The average molecular weight is 392 g/mol. The van der Waals surface area contributed by atoms with Crippen LogP contribution in [-0.2, 0) is 19.2 Å². The van der Waals surface area contributed by atoms with Crippen molar-refractivity contribution < 1.29 is 4.79 Å². The maximum atomic E-state index is 12.5. The number of benzene rings is 2. The van der Waals surface area contributed by atoms with Crippen LogP contribution in [-0.4, -0.2) is 26.4 Å². The van der Waals surface area contributed by atoms with Crippen LogP contribution in [0.15, 0.2) is 65.1 Å². The van der Waals surface area contributed by atoms with E-state index in [4.69, 9.17) is 0 Å². The number of aryl methyl sites for hydroxylation is 2. The van der Waals surface area contributed by atoms with Gasteiger partial charge in [0, 0.05) is 23.9 Å². The zero-order valence-electron chi connectivity index (χ0n) is 15.6. The summed E-state index contributed by atoms with van der Waals surface area (Å²) in [5, 5.41) is 13.2. The Balaban J connectivity index is 1.38. The molecule has 28 heavy (non-hydrogen) atoms. The van der Waals surface area contributed by atoms with E-state index in [1.54, 1.807) is 18.1 Å². The molecule has 0 bridgehead atoms.